The van der Waals surface area contributed by atoms with E-state index in [9.17, 15) is 0 Å². The van der Waals surface area contributed by atoms with Gasteiger partial charge in [-0.1, -0.05) is 45.1 Å². The second-order valence-electron chi connectivity index (χ2n) is 5.11. The largest absolute Gasteiger partial charge is 0.497 e. The first kappa shape index (κ1) is 13.3. The van der Waals surface area contributed by atoms with Gasteiger partial charge in [0.05, 0.1) is 19.1 Å². The average molecular weight is 229 g/mol. The fourth-order valence-electron chi connectivity index (χ4n) is 1.45. The Morgan fingerprint density at radius 1 is 1.24 bits per heavy atom. The standard InChI is InChI=1S/C15H19NO/c1-15(2,3)13(11-16)8-5-12-6-9-14(17-4)10-7-12/h5-10,13H,1-4H3/b8-5+/t13-/m0/s1. The molecule has 0 fully saturated rings. The van der Waals surface area contributed by atoms with Crippen LogP contribution in [0.5, 0.6) is 5.75 Å². The Bertz CT molecular complexity index is 418. The number of methoxy groups -OCH3 is 1. The molecule has 0 bridgehead atoms. The van der Waals surface area contributed by atoms with E-state index in [1.54, 1.807) is 7.11 Å². The summed E-state index contributed by atoms with van der Waals surface area (Å²) in [6.45, 7) is 6.21. The Labute approximate surface area is 104 Å². The fourth-order valence-corrected chi connectivity index (χ4v) is 1.45. The highest BCUT2D eigenvalue weighted by Crippen LogP contribution is 2.27. The zero-order valence-corrected chi connectivity index (χ0v) is 10.9. The molecule has 0 heterocycles. The highest BCUT2D eigenvalue weighted by molar-refractivity contribution is 5.51. The summed E-state index contributed by atoms with van der Waals surface area (Å²) in [5.41, 5.74) is 1.05. The Morgan fingerprint density at radius 2 is 1.82 bits per heavy atom. The van der Waals surface area contributed by atoms with Crippen LogP contribution in [0.15, 0.2) is 30.3 Å². The van der Waals surface area contributed by atoms with E-state index in [1.807, 2.05) is 36.4 Å². The van der Waals surface area contributed by atoms with Crippen molar-refractivity contribution in [1.29, 1.82) is 5.26 Å². The molecule has 0 saturated carbocycles. The summed E-state index contributed by atoms with van der Waals surface area (Å²) >= 11 is 0. The van der Waals surface area contributed by atoms with Gasteiger partial charge in [-0.15, -0.1) is 0 Å². The number of nitriles is 1. The summed E-state index contributed by atoms with van der Waals surface area (Å²) in [5.74, 6) is 0.763. The molecule has 1 rings (SSSR count). The molecule has 0 aliphatic carbocycles. The monoisotopic (exact) mass is 229 g/mol. The smallest absolute Gasteiger partial charge is 0.118 e. The van der Waals surface area contributed by atoms with E-state index in [-0.39, 0.29) is 11.3 Å². The van der Waals surface area contributed by atoms with Crippen molar-refractivity contribution in [3.8, 4) is 11.8 Å². The summed E-state index contributed by atoms with van der Waals surface area (Å²) in [6, 6.07) is 10.1. The lowest BCUT2D eigenvalue weighted by Gasteiger charge is -2.21. The first-order valence-corrected chi connectivity index (χ1v) is 5.69. The average Bonchev–Trinajstić information content (AvgIpc) is 2.29. The molecule has 0 aromatic heterocycles. The van der Waals surface area contributed by atoms with Gasteiger partial charge in [-0.25, -0.2) is 0 Å². The van der Waals surface area contributed by atoms with E-state index in [2.05, 4.69) is 26.8 Å². The molecule has 0 spiro atoms. The van der Waals surface area contributed by atoms with Crippen LogP contribution in [0.2, 0.25) is 0 Å². The number of benzene rings is 1. The second-order valence-corrected chi connectivity index (χ2v) is 5.11. The molecule has 0 N–H and O–H groups in total. The topological polar surface area (TPSA) is 33.0 Å². The molecule has 2 nitrogen and oxygen atoms in total. The number of rotatable bonds is 3. The normalized spacial score (nSPS) is 13.4. The fraction of sp³-hybridized carbons (Fsp3) is 0.400. The van der Waals surface area contributed by atoms with Crippen LogP contribution in [0.4, 0.5) is 0 Å². The van der Waals surface area contributed by atoms with Gasteiger partial charge in [0.1, 0.15) is 5.75 Å². The van der Waals surface area contributed by atoms with Crippen molar-refractivity contribution in [3.05, 3.63) is 35.9 Å². The number of nitrogens with zero attached hydrogens (tertiary/aromatic N) is 1. The van der Waals surface area contributed by atoms with Gasteiger partial charge in [-0.05, 0) is 23.1 Å². The molecular formula is C15H19NO. The van der Waals surface area contributed by atoms with Crippen molar-refractivity contribution in [2.24, 2.45) is 11.3 Å². The van der Waals surface area contributed by atoms with Gasteiger partial charge in [-0.2, -0.15) is 5.26 Å². The molecule has 1 aromatic rings. The molecule has 0 aliphatic rings. The minimum Gasteiger partial charge on any atom is -0.497 e. The van der Waals surface area contributed by atoms with Crippen molar-refractivity contribution in [2.45, 2.75) is 20.8 Å². The van der Waals surface area contributed by atoms with Crippen LogP contribution in [0.1, 0.15) is 26.3 Å². The lowest BCUT2D eigenvalue weighted by Crippen LogP contribution is -2.16. The van der Waals surface area contributed by atoms with Crippen molar-refractivity contribution < 1.29 is 4.74 Å². The molecule has 1 atom stereocenters. The number of allylic oxidation sites excluding steroid dienone is 1. The van der Waals surface area contributed by atoms with E-state index in [1.165, 1.54) is 0 Å². The minimum atomic E-state index is -0.0791. The van der Waals surface area contributed by atoms with E-state index < -0.39 is 0 Å². The molecular weight excluding hydrogens is 210 g/mol. The lowest BCUT2D eigenvalue weighted by molar-refractivity contribution is 0.351. The predicted molar refractivity (Wildman–Crippen MR) is 70.6 cm³/mol. The molecule has 1 aromatic carbocycles. The first-order chi connectivity index (χ1) is 7.97. The van der Waals surface area contributed by atoms with Crippen molar-refractivity contribution in [3.63, 3.8) is 0 Å². The molecule has 0 radical (unpaired) electrons. The summed E-state index contributed by atoms with van der Waals surface area (Å²) in [5, 5.41) is 9.10. The molecule has 0 aliphatic heterocycles. The van der Waals surface area contributed by atoms with Gasteiger partial charge < -0.3 is 4.74 Å². The molecule has 0 unspecified atom stereocenters. The Kier molecular flexibility index (Phi) is 4.34. The second kappa shape index (κ2) is 5.54. The van der Waals surface area contributed by atoms with Gasteiger partial charge >= 0.3 is 0 Å². The maximum atomic E-state index is 9.10. The van der Waals surface area contributed by atoms with Gasteiger partial charge in [0, 0.05) is 0 Å². The summed E-state index contributed by atoms with van der Waals surface area (Å²) < 4.78 is 5.09. The van der Waals surface area contributed by atoms with Crippen molar-refractivity contribution >= 4 is 6.08 Å². The van der Waals surface area contributed by atoms with Crippen molar-refractivity contribution in [2.75, 3.05) is 7.11 Å². The van der Waals surface area contributed by atoms with Crippen LogP contribution in [0, 0.1) is 22.7 Å². The lowest BCUT2D eigenvalue weighted by atomic mass is 9.81. The summed E-state index contributed by atoms with van der Waals surface area (Å²) in [4.78, 5) is 0. The third-order valence-corrected chi connectivity index (χ3v) is 2.67. The maximum Gasteiger partial charge on any atom is 0.118 e. The van der Waals surface area contributed by atoms with E-state index in [4.69, 9.17) is 10.00 Å². The Morgan fingerprint density at radius 3 is 2.24 bits per heavy atom. The quantitative estimate of drug-likeness (QED) is 0.787. The van der Waals surface area contributed by atoms with Crippen LogP contribution in [0.3, 0.4) is 0 Å². The predicted octanol–water partition coefficient (Wildman–Crippen LogP) is 3.89. The molecule has 0 amide bonds. The highest BCUT2D eigenvalue weighted by atomic mass is 16.5. The third kappa shape index (κ3) is 3.96. The highest BCUT2D eigenvalue weighted by Gasteiger charge is 2.21. The SMILES string of the molecule is COc1ccc(/C=C/[C@@H](C#N)C(C)(C)C)cc1. The van der Waals surface area contributed by atoms with Crippen molar-refractivity contribution in [1.82, 2.24) is 0 Å². The summed E-state index contributed by atoms with van der Waals surface area (Å²) in [7, 11) is 1.65. The number of hydrogen-bond donors (Lipinski definition) is 0. The molecule has 0 saturated heterocycles. The van der Waals surface area contributed by atoms with Crippen LogP contribution >= 0.6 is 0 Å². The van der Waals surface area contributed by atoms with Crippen LogP contribution in [-0.2, 0) is 0 Å². The van der Waals surface area contributed by atoms with Gasteiger partial charge in [0.2, 0.25) is 0 Å². The molecule has 17 heavy (non-hydrogen) atoms. The van der Waals surface area contributed by atoms with Gasteiger partial charge in [0.15, 0.2) is 0 Å². The summed E-state index contributed by atoms with van der Waals surface area (Å²) in [6.07, 6.45) is 3.94. The van der Waals surface area contributed by atoms with Crippen LogP contribution < -0.4 is 4.74 Å². The zero-order chi connectivity index (χ0) is 12.9. The van der Waals surface area contributed by atoms with E-state index in [0.717, 1.165) is 11.3 Å². The molecule has 2 heteroatoms. The molecule has 90 valence electrons. The van der Waals surface area contributed by atoms with Crippen LogP contribution in [0.25, 0.3) is 6.08 Å². The third-order valence-electron chi connectivity index (χ3n) is 2.67. The van der Waals surface area contributed by atoms with E-state index in [0.29, 0.717) is 0 Å². The Hall–Kier alpha value is -1.75. The zero-order valence-electron chi connectivity index (χ0n) is 10.9. The maximum absolute atomic E-state index is 9.10. The van der Waals surface area contributed by atoms with Crippen LogP contribution in [-0.4, -0.2) is 7.11 Å². The number of hydrogen-bond acceptors (Lipinski definition) is 2. The van der Waals surface area contributed by atoms with E-state index >= 15 is 0 Å². The Balaban J connectivity index is 2.79. The van der Waals surface area contributed by atoms with Gasteiger partial charge in [0.25, 0.3) is 0 Å². The first-order valence-electron chi connectivity index (χ1n) is 5.69. The number of ether oxygens (including phenoxy) is 1. The van der Waals surface area contributed by atoms with Gasteiger partial charge in [-0.3, -0.25) is 0 Å². The minimum absolute atomic E-state index is 0.0300.